The van der Waals surface area contributed by atoms with E-state index in [1.807, 2.05) is 13.8 Å². The number of ether oxygens (including phenoxy) is 1. The van der Waals surface area contributed by atoms with Gasteiger partial charge >= 0.3 is 5.97 Å². The summed E-state index contributed by atoms with van der Waals surface area (Å²) in [5.41, 5.74) is 6.66. The van der Waals surface area contributed by atoms with Crippen LogP contribution < -0.4 is 10.5 Å². The number of methoxy groups -OCH3 is 1. The molecule has 0 amide bonds. The Kier molecular flexibility index (Phi) is 4.55. The molecule has 5 nitrogen and oxygen atoms in total. The number of aliphatic carboxylic acids is 1. The maximum atomic E-state index is 11.1. The highest BCUT2D eigenvalue weighted by molar-refractivity contribution is 5.78. The molecule has 1 atom stereocenters. The van der Waals surface area contributed by atoms with Crippen LogP contribution in [-0.4, -0.2) is 29.8 Å². The molecule has 100 valence electrons. The van der Waals surface area contributed by atoms with Crippen molar-refractivity contribution in [3.05, 3.63) is 23.3 Å². The third kappa shape index (κ3) is 2.73. The van der Waals surface area contributed by atoms with Gasteiger partial charge in [-0.05, 0) is 17.5 Å². The molecule has 18 heavy (non-hydrogen) atoms. The summed E-state index contributed by atoms with van der Waals surface area (Å²) < 4.78 is 5.07. The zero-order valence-corrected chi connectivity index (χ0v) is 10.8. The van der Waals surface area contributed by atoms with Gasteiger partial charge in [0.15, 0.2) is 11.5 Å². The number of carbonyl (C=O) groups is 1. The summed E-state index contributed by atoms with van der Waals surface area (Å²) in [5.74, 6) is -1.67. The number of phenols is 1. The first-order valence-electron chi connectivity index (χ1n) is 5.76. The number of carboxylic acids is 1. The van der Waals surface area contributed by atoms with Gasteiger partial charge in [-0.15, -0.1) is 0 Å². The Balaban J connectivity index is 3.40. The van der Waals surface area contributed by atoms with E-state index in [1.54, 1.807) is 12.1 Å². The lowest BCUT2D eigenvalue weighted by atomic mass is 9.92. The SMILES string of the molecule is COc1cc(C(C)C)cc(C(CN)C(=O)O)c1O. The van der Waals surface area contributed by atoms with Crippen LogP contribution in [0.15, 0.2) is 12.1 Å². The Hall–Kier alpha value is -1.75. The molecule has 0 saturated heterocycles. The van der Waals surface area contributed by atoms with E-state index in [2.05, 4.69) is 0 Å². The van der Waals surface area contributed by atoms with Gasteiger partial charge in [0, 0.05) is 12.1 Å². The minimum absolute atomic E-state index is 0.0758. The van der Waals surface area contributed by atoms with Crippen molar-refractivity contribution in [3.63, 3.8) is 0 Å². The van der Waals surface area contributed by atoms with Crippen LogP contribution in [0, 0.1) is 0 Å². The molecular formula is C13H19NO4. The summed E-state index contributed by atoms with van der Waals surface area (Å²) in [7, 11) is 1.43. The van der Waals surface area contributed by atoms with Gasteiger partial charge in [0.2, 0.25) is 0 Å². The molecule has 0 aliphatic heterocycles. The van der Waals surface area contributed by atoms with E-state index in [1.165, 1.54) is 7.11 Å². The fourth-order valence-electron chi connectivity index (χ4n) is 1.77. The summed E-state index contributed by atoms with van der Waals surface area (Å²) in [6.45, 7) is 3.88. The van der Waals surface area contributed by atoms with Gasteiger partial charge < -0.3 is 20.7 Å². The van der Waals surface area contributed by atoms with Gasteiger partial charge in [0.25, 0.3) is 0 Å². The third-order valence-electron chi connectivity index (χ3n) is 2.92. The van der Waals surface area contributed by atoms with E-state index in [0.717, 1.165) is 5.56 Å². The molecule has 0 aliphatic rings. The van der Waals surface area contributed by atoms with Crippen molar-refractivity contribution in [1.29, 1.82) is 0 Å². The van der Waals surface area contributed by atoms with Crippen molar-refractivity contribution in [1.82, 2.24) is 0 Å². The lowest BCUT2D eigenvalue weighted by Crippen LogP contribution is -2.21. The summed E-state index contributed by atoms with van der Waals surface area (Å²) in [5, 5.41) is 19.1. The van der Waals surface area contributed by atoms with Crippen LogP contribution in [0.1, 0.15) is 36.8 Å². The second-order valence-electron chi connectivity index (χ2n) is 4.44. The molecule has 1 rings (SSSR count). The highest BCUT2D eigenvalue weighted by atomic mass is 16.5. The number of phenolic OH excluding ortho intramolecular Hbond substituents is 1. The molecule has 0 aliphatic carbocycles. The van der Waals surface area contributed by atoms with Crippen molar-refractivity contribution in [2.45, 2.75) is 25.7 Å². The van der Waals surface area contributed by atoms with Crippen molar-refractivity contribution >= 4 is 5.97 Å². The normalized spacial score (nSPS) is 12.5. The quantitative estimate of drug-likeness (QED) is 0.742. The first-order chi connectivity index (χ1) is 8.42. The summed E-state index contributed by atoms with van der Waals surface area (Å²) >= 11 is 0. The van der Waals surface area contributed by atoms with Crippen molar-refractivity contribution in [2.24, 2.45) is 5.73 Å². The smallest absolute Gasteiger partial charge is 0.312 e. The van der Waals surface area contributed by atoms with Gasteiger partial charge in [0.05, 0.1) is 13.0 Å². The average molecular weight is 253 g/mol. The van der Waals surface area contributed by atoms with Crippen LogP contribution >= 0.6 is 0 Å². The second-order valence-corrected chi connectivity index (χ2v) is 4.44. The first kappa shape index (κ1) is 14.3. The van der Waals surface area contributed by atoms with Crippen LogP contribution in [0.25, 0.3) is 0 Å². The largest absolute Gasteiger partial charge is 0.504 e. The van der Waals surface area contributed by atoms with Crippen molar-refractivity contribution in [2.75, 3.05) is 13.7 Å². The molecule has 0 spiro atoms. The molecule has 1 aromatic rings. The summed E-state index contributed by atoms with van der Waals surface area (Å²) in [6.07, 6.45) is 0. The lowest BCUT2D eigenvalue weighted by Gasteiger charge is -2.17. The van der Waals surface area contributed by atoms with Gasteiger partial charge in [0.1, 0.15) is 0 Å². The maximum Gasteiger partial charge on any atom is 0.312 e. The molecular weight excluding hydrogens is 234 g/mol. The summed E-state index contributed by atoms with van der Waals surface area (Å²) in [4.78, 5) is 11.1. The van der Waals surface area contributed by atoms with Crippen LogP contribution in [-0.2, 0) is 4.79 Å². The van der Waals surface area contributed by atoms with Crippen molar-refractivity contribution < 1.29 is 19.7 Å². The third-order valence-corrected chi connectivity index (χ3v) is 2.92. The molecule has 0 saturated carbocycles. The zero-order valence-electron chi connectivity index (χ0n) is 10.8. The van der Waals surface area contributed by atoms with E-state index < -0.39 is 11.9 Å². The van der Waals surface area contributed by atoms with E-state index in [-0.39, 0.29) is 24.0 Å². The Morgan fingerprint density at radius 1 is 1.44 bits per heavy atom. The molecule has 1 unspecified atom stereocenters. The molecule has 0 fully saturated rings. The lowest BCUT2D eigenvalue weighted by molar-refractivity contribution is -0.138. The summed E-state index contributed by atoms with van der Waals surface area (Å²) in [6, 6.07) is 3.38. The number of carboxylic acid groups (broad SMARTS) is 1. The van der Waals surface area contributed by atoms with Crippen LogP contribution in [0.4, 0.5) is 0 Å². The van der Waals surface area contributed by atoms with Crippen LogP contribution in [0.3, 0.4) is 0 Å². The Bertz CT molecular complexity index is 443. The Morgan fingerprint density at radius 3 is 2.44 bits per heavy atom. The highest BCUT2D eigenvalue weighted by Gasteiger charge is 2.24. The molecule has 0 aromatic heterocycles. The number of aromatic hydroxyl groups is 1. The average Bonchev–Trinajstić information content (AvgIpc) is 2.31. The number of hydrogen-bond acceptors (Lipinski definition) is 4. The number of benzene rings is 1. The van der Waals surface area contributed by atoms with Crippen LogP contribution in [0.5, 0.6) is 11.5 Å². The first-order valence-corrected chi connectivity index (χ1v) is 5.76. The number of rotatable bonds is 5. The highest BCUT2D eigenvalue weighted by Crippen LogP contribution is 2.37. The maximum absolute atomic E-state index is 11.1. The Labute approximate surface area is 106 Å². The van der Waals surface area contributed by atoms with E-state index in [0.29, 0.717) is 5.56 Å². The van der Waals surface area contributed by atoms with E-state index in [9.17, 15) is 9.90 Å². The van der Waals surface area contributed by atoms with Gasteiger partial charge in [-0.1, -0.05) is 19.9 Å². The molecule has 0 bridgehead atoms. The minimum atomic E-state index is -1.06. The second kappa shape index (κ2) is 5.73. The predicted molar refractivity (Wildman–Crippen MR) is 68.2 cm³/mol. The minimum Gasteiger partial charge on any atom is -0.504 e. The molecule has 0 radical (unpaired) electrons. The van der Waals surface area contributed by atoms with Gasteiger partial charge in [-0.2, -0.15) is 0 Å². The molecule has 5 heteroatoms. The fourth-order valence-corrected chi connectivity index (χ4v) is 1.77. The van der Waals surface area contributed by atoms with Crippen LogP contribution in [0.2, 0.25) is 0 Å². The van der Waals surface area contributed by atoms with Gasteiger partial charge in [-0.25, -0.2) is 0 Å². The monoisotopic (exact) mass is 253 g/mol. The zero-order chi connectivity index (χ0) is 13.9. The molecule has 4 N–H and O–H groups in total. The topological polar surface area (TPSA) is 92.8 Å². The number of hydrogen-bond donors (Lipinski definition) is 3. The van der Waals surface area contributed by atoms with Crippen molar-refractivity contribution in [3.8, 4) is 11.5 Å². The number of nitrogens with two attached hydrogens (primary N) is 1. The van der Waals surface area contributed by atoms with E-state index >= 15 is 0 Å². The Morgan fingerprint density at radius 2 is 2.06 bits per heavy atom. The standard InChI is InChI=1S/C13H19NO4/c1-7(2)8-4-9(10(6-14)13(16)17)12(15)11(5-8)18-3/h4-5,7,10,15H,6,14H2,1-3H3,(H,16,17). The predicted octanol–water partition coefficient (Wildman–Crippen LogP) is 1.65. The fraction of sp³-hybridized carbons (Fsp3) is 0.462. The van der Waals surface area contributed by atoms with Gasteiger partial charge in [-0.3, -0.25) is 4.79 Å². The molecule has 0 heterocycles. The molecule has 1 aromatic carbocycles. The van der Waals surface area contributed by atoms with E-state index in [4.69, 9.17) is 15.6 Å².